The Hall–Kier alpha value is -2.02. The second kappa shape index (κ2) is 13.7. The first kappa shape index (κ1) is 38.7. The quantitative estimate of drug-likeness (QED) is 0.158. The summed E-state index contributed by atoms with van der Waals surface area (Å²) in [6, 6.07) is 10.5. The molecule has 284 valence electrons. The predicted molar refractivity (Wildman–Crippen MR) is 204 cm³/mol. The van der Waals surface area contributed by atoms with Crippen molar-refractivity contribution in [3.8, 4) is 0 Å². The lowest BCUT2D eigenvalue weighted by atomic mass is 9.33. The molecule has 0 radical (unpaired) electrons. The van der Waals surface area contributed by atoms with Gasteiger partial charge >= 0.3 is 5.97 Å². The lowest BCUT2D eigenvalue weighted by molar-refractivity contribution is -0.235. The lowest BCUT2D eigenvalue weighted by Crippen LogP contribution is -2.66. The number of aliphatic hydroxyl groups excluding tert-OH is 2. The van der Waals surface area contributed by atoms with Crippen LogP contribution in [0.4, 0.5) is 0 Å². The van der Waals surface area contributed by atoms with Crippen molar-refractivity contribution in [3.05, 3.63) is 47.0 Å². The summed E-state index contributed by atoms with van der Waals surface area (Å²) in [4.78, 5) is 27.1. The van der Waals surface area contributed by atoms with Gasteiger partial charge in [-0.1, -0.05) is 98.2 Å². The molecule has 5 aliphatic carbocycles. The second-order valence-corrected chi connectivity index (χ2v) is 20.1. The molecule has 5 aliphatic rings. The first-order chi connectivity index (χ1) is 23.9. The van der Waals surface area contributed by atoms with Gasteiger partial charge in [0.05, 0.1) is 12.5 Å². The minimum absolute atomic E-state index is 0.0354. The highest BCUT2D eigenvalue weighted by atomic mass is 16.5. The summed E-state index contributed by atoms with van der Waals surface area (Å²) in [5.74, 6) is 1.53. The number of Topliss-reactive ketones (excluding diaryl/α,β-unsaturated/α-hetero) is 1. The van der Waals surface area contributed by atoms with Gasteiger partial charge in [0.15, 0.2) is 5.78 Å². The number of ether oxygens (including phenoxy) is 1. The van der Waals surface area contributed by atoms with E-state index in [1.54, 1.807) is 0 Å². The molecule has 4 saturated carbocycles. The molecule has 0 bridgehead atoms. The van der Waals surface area contributed by atoms with Crippen LogP contribution in [-0.2, 0) is 20.7 Å². The van der Waals surface area contributed by atoms with E-state index < -0.39 is 16.9 Å². The molecule has 0 saturated heterocycles. The maximum atomic E-state index is 14.0. The van der Waals surface area contributed by atoms with Crippen molar-refractivity contribution in [2.45, 2.75) is 145 Å². The maximum Gasteiger partial charge on any atom is 0.306 e. The molecule has 6 nitrogen and oxygen atoms in total. The van der Waals surface area contributed by atoms with Crippen LogP contribution in [-0.4, -0.2) is 53.9 Å². The summed E-state index contributed by atoms with van der Waals surface area (Å²) in [6.07, 6.45) is 9.20. The SMILES string of the molecule is CC(C)C1=C2C3CCC4C5(C)CCC(OC(=O)CC(C)(C)CO)C(C)(C)C5CCC4(C)C3(C)CCC2(C(O)CNCCc2ccccc2)CC1=O. The molecule has 0 spiro atoms. The third-order valence-electron chi connectivity index (χ3n) is 16.2. The molecular weight excluding hydrogens is 634 g/mol. The molecule has 0 aromatic heterocycles. The summed E-state index contributed by atoms with van der Waals surface area (Å²) >= 11 is 0. The van der Waals surface area contributed by atoms with E-state index in [2.05, 4.69) is 78.0 Å². The Morgan fingerprint density at radius 1 is 0.941 bits per heavy atom. The molecule has 3 N–H and O–H groups in total. The van der Waals surface area contributed by atoms with Crippen LogP contribution in [0, 0.1) is 56.2 Å². The van der Waals surface area contributed by atoms with Crippen LogP contribution in [0.25, 0.3) is 0 Å². The van der Waals surface area contributed by atoms with E-state index in [4.69, 9.17) is 4.74 Å². The van der Waals surface area contributed by atoms with Gasteiger partial charge in [-0.2, -0.15) is 0 Å². The van der Waals surface area contributed by atoms with Gasteiger partial charge in [0.1, 0.15) is 6.10 Å². The van der Waals surface area contributed by atoms with Crippen molar-refractivity contribution in [3.63, 3.8) is 0 Å². The highest BCUT2D eigenvalue weighted by molar-refractivity contribution is 6.00. The Balaban J connectivity index is 1.25. The number of hydrogen-bond acceptors (Lipinski definition) is 6. The molecular formula is C45H69NO5. The number of fused-ring (bicyclic) bond motifs is 7. The fourth-order valence-corrected chi connectivity index (χ4v) is 13.2. The van der Waals surface area contributed by atoms with Gasteiger partial charge in [-0.3, -0.25) is 9.59 Å². The first-order valence-corrected chi connectivity index (χ1v) is 20.4. The molecule has 0 heterocycles. The Morgan fingerprint density at radius 2 is 1.65 bits per heavy atom. The fraction of sp³-hybridized carbons (Fsp3) is 0.778. The zero-order valence-electron chi connectivity index (χ0n) is 33.4. The van der Waals surface area contributed by atoms with Crippen LogP contribution in [0.2, 0.25) is 0 Å². The summed E-state index contributed by atoms with van der Waals surface area (Å²) in [5.41, 5.74) is 2.84. The van der Waals surface area contributed by atoms with Crippen LogP contribution >= 0.6 is 0 Å². The van der Waals surface area contributed by atoms with Gasteiger partial charge in [0, 0.05) is 30.4 Å². The fourth-order valence-electron chi connectivity index (χ4n) is 13.2. The third kappa shape index (κ3) is 6.29. The highest BCUT2D eigenvalue weighted by Crippen LogP contribution is 2.77. The van der Waals surface area contributed by atoms with Gasteiger partial charge in [0.25, 0.3) is 0 Å². The molecule has 6 rings (SSSR count). The number of carbonyl (C=O) groups excluding carboxylic acids is 2. The number of allylic oxidation sites excluding steroid dienone is 1. The summed E-state index contributed by atoms with van der Waals surface area (Å²) in [5, 5.41) is 25.5. The Morgan fingerprint density at radius 3 is 2.31 bits per heavy atom. The summed E-state index contributed by atoms with van der Waals surface area (Å²) < 4.78 is 6.27. The molecule has 9 unspecified atom stereocenters. The monoisotopic (exact) mass is 704 g/mol. The van der Waals surface area contributed by atoms with Crippen molar-refractivity contribution in [1.29, 1.82) is 0 Å². The first-order valence-electron chi connectivity index (χ1n) is 20.4. The molecule has 0 amide bonds. The second-order valence-electron chi connectivity index (χ2n) is 20.1. The van der Waals surface area contributed by atoms with Crippen LogP contribution in [0.1, 0.15) is 132 Å². The largest absolute Gasteiger partial charge is 0.462 e. The molecule has 6 heteroatoms. The molecule has 0 aliphatic heterocycles. The van der Waals surface area contributed by atoms with E-state index in [0.717, 1.165) is 69.9 Å². The van der Waals surface area contributed by atoms with Crippen molar-refractivity contribution < 1.29 is 24.5 Å². The van der Waals surface area contributed by atoms with Gasteiger partial charge in [0.2, 0.25) is 0 Å². The van der Waals surface area contributed by atoms with E-state index in [1.807, 2.05) is 19.9 Å². The predicted octanol–water partition coefficient (Wildman–Crippen LogP) is 8.48. The number of hydrogen-bond donors (Lipinski definition) is 3. The number of rotatable bonds is 11. The molecule has 1 aromatic rings. The van der Waals surface area contributed by atoms with Gasteiger partial charge < -0.3 is 20.3 Å². The number of carbonyl (C=O) groups is 2. The summed E-state index contributed by atoms with van der Waals surface area (Å²) in [7, 11) is 0. The minimum Gasteiger partial charge on any atom is -0.462 e. The number of esters is 1. The van der Waals surface area contributed by atoms with E-state index >= 15 is 0 Å². The van der Waals surface area contributed by atoms with Crippen molar-refractivity contribution in [2.24, 2.45) is 56.2 Å². The zero-order chi connectivity index (χ0) is 37.2. The van der Waals surface area contributed by atoms with E-state index in [9.17, 15) is 19.8 Å². The van der Waals surface area contributed by atoms with Gasteiger partial charge in [-0.25, -0.2) is 0 Å². The highest BCUT2D eigenvalue weighted by Gasteiger charge is 2.70. The van der Waals surface area contributed by atoms with Crippen LogP contribution < -0.4 is 5.32 Å². The zero-order valence-corrected chi connectivity index (χ0v) is 33.4. The average molecular weight is 704 g/mol. The lowest BCUT2D eigenvalue weighted by Gasteiger charge is -2.72. The Kier molecular flexibility index (Phi) is 10.4. The molecule has 51 heavy (non-hydrogen) atoms. The Bertz CT molecular complexity index is 1500. The van der Waals surface area contributed by atoms with Crippen LogP contribution in [0.3, 0.4) is 0 Å². The molecule has 9 atom stereocenters. The maximum absolute atomic E-state index is 14.0. The van der Waals surface area contributed by atoms with Gasteiger partial charge in [-0.05, 0) is 121 Å². The summed E-state index contributed by atoms with van der Waals surface area (Å²) in [6.45, 7) is 21.9. The van der Waals surface area contributed by atoms with Crippen LogP contribution in [0.5, 0.6) is 0 Å². The average Bonchev–Trinajstić information content (AvgIpc) is 3.38. The van der Waals surface area contributed by atoms with Crippen molar-refractivity contribution >= 4 is 11.8 Å². The van der Waals surface area contributed by atoms with E-state index in [-0.39, 0.29) is 58.5 Å². The molecule has 4 fully saturated rings. The van der Waals surface area contributed by atoms with Crippen LogP contribution in [0.15, 0.2) is 41.5 Å². The van der Waals surface area contributed by atoms with Crippen molar-refractivity contribution in [1.82, 2.24) is 5.32 Å². The number of nitrogens with one attached hydrogen (secondary N) is 1. The molecule has 1 aromatic carbocycles. The third-order valence-corrected chi connectivity index (χ3v) is 16.2. The van der Waals surface area contributed by atoms with E-state index in [0.29, 0.717) is 30.7 Å². The van der Waals surface area contributed by atoms with Crippen molar-refractivity contribution in [2.75, 3.05) is 19.7 Å². The number of benzene rings is 1. The minimum atomic E-state index is -0.589. The smallest absolute Gasteiger partial charge is 0.306 e. The normalized spacial score (nSPS) is 38.1. The van der Waals surface area contributed by atoms with E-state index in [1.165, 1.54) is 11.1 Å². The Labute approximate surface area is 309 Å². The topological polar surface area (TPSA) is 95.9 Å². The standard InChI is InChI=1S/C45H69NO5/c1-29(2)38-32(48)25-45(35(49)27-46-24-19-30-13-11-10-12-14-30)23-22-43(8)31(39(38)45)15-16-34-42(7)20-18-36(51-37(50)26-40(3,4)28-47)41(5,6)33(42)17-21-44(34,43)9/h10-14,29,31,33-36,46-47,49H,15-28H2,1-9H3. The van der Waals surface area contributed by atoms with Gasteiger partial charge in [-0.15, -0.1) is 0 Å². The number of aliphatic hydroxyl groups is 2. The number of ketones is 1.